The Morgan fingerprint density at radius 2 is 1.71 bits per heavy atom. The molecule has 2 nitrogen and oxygen atoms in total. The molecule has 2 N–H and O–H groups in total. The van der Waals surface area contributed by atoms with E-state index in [1.54, 1.807) is 0 Å². The summed E-state index contributed by atoms with van der Waals surface area (Å²) in [6.07, 6.45) is 3.62. The topological polar surface area (TPSA) is 29.3 Å². The lowest BCUT2D eigenvalue weighted by atomic mass is 10.1. The third-order valence-corrected chi connectivity index (χ3v) is 2.96. The summed E-state index contributed by atoms with van der Waals surface area (Å²) < 4.78 is 0. The number of nitrogens with two attached hydrogens (primary N) is 1. The van der Waals surface area contributed by atoms with Gasteiger partial charge in [-0.3, -0.25) is 0 Å². The number of rotatable bonds is 8. The van der Waals surface area contributed by atoms with Crippen LogP contribution in [0.15, 0.2) is 30.3 Å². The molecule has 0 aliphatic rings. The molecule has 2 heteroatoms. The van der Waals surface area contributed by atoms with Crippen LogP contribution in [0.5, 0.6) is 0 Å². The van der Waals surface area contributed by atoms with Gasteiger partial charge in [-0.25, -0.2) is 0 Å². The standard InChI is InChI=1S/C15H26N2/c1-14(2)8-6-12-17(13-7-11-16)15-9-4-3-5-10-15/h3-5,9-10,14H,6-8,11-13,16H2,1-2H3. The predicted octanol–water partition coefficient (Wildman–Crippen LogP) is 3.28. The molecule has 0 aliphatic carbocycles. The van der Waals surface area contributed by atoms with Crippen LogP contribution in [-0.4, -0.2) is 19.6 Å². The summed E-state index contributed by atoms with van der Waals surface area (Å²) in [5.74, 6) is 0.794. The normalized spacial score (nSPS) is 10.8. The second-order valence-electron chi connectivity index (χ2n) is 5.00. The average Bonchev–Trinajstić information content (AvgIpc) is 2.34. The zero-order valence-corrected chi connectivity index (χ0v) is 11.2. The van der Waals surface area contributed by atoms with E-state index in [9.17, 15) is 0 Å². The van der Waals surface area contributed by atoms with Gasteiger partial charge in [-0.15, -0.1) is 0 Å². The summed E-state index contributed by atoms with van der Waals surface area (Å²) in [6.45, 7) is 7.55. The minimum atomic E-state index is 0.771. The van der Waals surface area contributed by atoms with E-state index in [1.807, 2.05) is 0 Å². The van der Waals surface area contributed by atoms with E-state index >= 15 is 0 Å². The third kappa shape index (κ3) is 5.73. The molecule has 0 radical (unpaired) electrons. The quantitative estimate of drug-likeness (QED) is 0.748. The van der Waals surface area contributed by atoms with E-state index in [4.69, 9.17) is 5.73 Å². The molecule has 0 unspecified atom stereocenters. The van der Waals surface area contributed by atoms with Crippen molar-refractivity contribution in [3.63, 3.8) is 0 Å². The highest BCUT2D eigenvalue weighted by atomic mass is 15.1. The molecule has 0 heterocycles. The third-order valence-electron chi connectivity index (χ3n) is 2.96. The number of anilines is 1. The first-order chi connectivity index (χ1) is 8.24. The highest BCUT2D eigenvalue weighted by Gasteiger charge is 2.05. The average molecular weight is 234 g/mol. The lowest BCUT2D eigenvalue weighted by Crippen LogP contribution is -2.27. The monoisotopic (exact) mass is 234 g/mol. The van der Waals surface area contributed by atoms with Crippen molar-refractivity contribution in [1.29, 1.82) is 0 Å². The molecule has 96 valence electrons. The van der Waals surface area contributed by atoms with Crippen LogP contribution in [0.4, 0.5) is 5.69 Å². The van der Waals surface area contributed by atoms with Crippen molar-refractivity contribution >= 4 is 5.69 Å². The molecular weight excluding hydrogens is 208 g/mol. The maximum atomic E-state index is 5.61. The van der Waals surface area contributed by atoms with E-state index in [1.165, 1.54) is 18.5 Å². The molecular formula is C15H26N2. The molecule has 0 bridgehead atoms. The second kappa shape index (κ2) is 8.13. The first-order valence-corrected chi connectivity index (χ1v) is 6.74. The van der Waals surface area contributed by atoms with Crippen molar-refractivity contribution in [2.75, 3.05) is 24.5 Å². The van der Waals surface area contributed by atoms with Crippen LogP contribution in [-0.2, 0) is 0 Å². The van der Waals surface area contributed by atoms with Crippen LogP contribution >= 0.6 is 0 Å². The molecule has 0 saturated carbocycles. The van der Waals surface area contributed by atoms with Crippen LogP contribution < -0.4 is 10.6 Å². The van der Waals surface area contributed by atoms with Crippen LogP contribution in [0.3, 0.4) is 0 Å². The Morgan fingerprint density at radius 1 is 1.06 bits per heavy atom. The first kappa shape index (κ1) is 14.0. The van der Waals surface area contributed by atoms with Gasteiger partial charge in [-0.1, -0.05) is 32.0 Å². The molecule has 0 aromatic heterocycles. The zero-order chi connectivity index (χ0) is 12.5. The molecule has 0 saturated heterocycles. The highest BCUT2D eigenvalue weighted by molar-refractivity contribution is 5.45. The first-order valence-electron chi connectivity index (χ1n) is 6.74. The Morgan fingerprint density at radius 3 is 2.29 bits per heavy atom. The summed E-state index contributed by atoms with van der Waals surface area (Å²) in [5, 5.41) is 0. The lowest BCUT2D eigenvalue weighted by molar-refractivity contribution is 0.547. The summed E-state index contributed by atoms with van der Waals surface area (Å²) in [4.78, 5) is 2.45. The van der Waals surface area contributed by atoms with Crippen molar-refractivity contribution in [2.24, 2.45) is 11.7 Å². The van der Waals surface area contributed by atoms with E-state index < -0.39 is 0 Å². The largest absolute Gasteiger partial charge is 0.371 e. The van der Waals surface area contributed by atoms with Crippen molar-refractivity contribution in [3.05, 3.63) is 30.3 Å². The van der Waals surface area contributed by atoms with Gasteiger partial charge in [0.1, 0.15) is 0 Å². The second-order valence-corrected chi connectivity index (χ2v) is 5.00. The molecule has 0 aliphatic heterocycles. The van der Waals surface area contributed by atoms with Crippen LogP contribution in [0.25, 0.3) is 0 Å². The molecule has 1 rings (SSSR count). The SMILES string of the molecule is CC(C)CCCN(CCCN)c1ccccc1. The van der Waals surface area contributed by atoms with Crippen molar-refractivity contribution < 1.29 is 0 Å². The Balaban J connectivity index is 2.48. The number of hydrogen-bond acceptors (Lipinski definition) is 2. The molecule has 0 amide bonds. The van der Waals surface area contributed by atoms with Crippen LogP contribution in [0.1, 0.15) is 33.1 Å². The van der Waals surface area contributed by atoms with Gasteiger partial charge in [0.05, 0.1) is 0 Å². The minimum Gasteiger partial charge on any atom is -0.371 e. The molecule has 1 aromatic carbocycles. The number of para-hydroxylation sites is 1. The Hall–Kier alpha value is -1.02. The van der Waals surface area contributed by atoms with E-state index in [-0.39, 0.29) is 0 Å². The van der Waals surface area contributed by atoms with Gasteiger partial charge < -0.3 is 10.6 Å². The van der Waals surface area contributed by atoms with Crippen molar-refractivity contribution in [2.45, 2.75) is 33.1 Å². The van der Waals surface area contributed by atoms with Gasteiger partial charge >= 0.3 is 0 Å². The Bertz CT molecular complexity index is 282. The zero-order valence-electron chi connectivity index (χ0n) is 11.2. The molecule has 0 fully saturated rings. The van der Waals surface area contributed by atoms with Gasteiger partial charge in [-0.2, -0.15) is 0 Å². The molecule has 0 atom stereocenters. The number of benzene rings is 1. The van der Waals surface area contributed by atoms with E-state index in [0.717, 1.165) is 32.0 Å². The molecule has 17 heavy (non-hydrogen) atoms. The Kier molecular flexibility index (Phi) is 6.71. The number of hydrogen-bond donors (Lipinski definition) is 1. The summed E-state index contributed by atoms with van der Waals surface area (Å²) in [7, 11) is 0. The van der Waals surface area contributed by atoms with E-state index in [0.29, 0.717) is 0 Å². The highest BCUT2D eigenvalue weighted by Crippen LogP contribution is 2.15. The van der Waals surface area contributed by atoms with Crippen LogP contribution in [0, 0.1) is 5.92 Å². The summed E-state index contributed by atoms with van der Waals surface area (Å²) >= 11 is 0. The predicted molar refractivity (Wildman–Crippen MR) is 76.4 cm³/mol. The fourth-order valence-electron chi connectivity index (χ4n) is 1.98. The van der Waals surface area contributed by atoms with E-state index in [2.05, 4.69) is 49.1 Å². The van der Waals surface area contributed by atoms with Gasteiger partial charge in [0.2, 0.25) is 0 Å². The maximum absolute atomic E-state index is 5.61. The summed E-state index contributed by atoms with van der Waals surface area (Å²) in [5.41, 5.74) is 6.93. The van der Waals surface area contributed by atoms with Crippen LogP contribution in [0.2, 0.25) is 0 Å². The van der Waals surface area contributed by atoms with Crippen molar-refractivity contribution in [3.8, 4) is 0 Å². The smallest absolute Gasteiger partial charge is 0.0366 e. The van der Waals surface area contributed by atoms with Gasteiger partial charge in [0.15, 0.2) is 0 Å². The van der Waals surface area contributed by atoms with Gasteiger partial charge in [-0.05, 0) is 43.9 Å². The maximum Gasteiger partial charge on any atom is 0.0366 e. The minimum absolute atomic E-state index is 0.771. The fourth-order valence-corrected chi connectivity index (χ4v) is 1.98. The Labute approximate surface area is 106 Å². The molecule has 1 aromatic rings. The summed E-state index contributed by atoms with van der Waals surface area (Å²) in [6, 6.07) is 10.6. The number of nitrogens with zero attached hydrogens (tertiary/aromatic N) is 1. The molecule has 0 spiro atoms. The lowest BCUT2D eigenvalue weighted by Gasteiger charge is -2.25. The van der Waals surface area contributed by atoms with Crippen molar-refractivity contribution in [1.82, 2.24) is 0 Å². The van der Waals surface area contributed by atoms with Gasteiger partial charge in [0, 0.05) is 18.8 Å². The fraction of sp³-hybridized carbons (Fsp3) is 0.600. The van der Waals surface area contributed by atoms with Gasteiger partial charge in [0.25, 0.3) is 0 Å².